The average Bonchev–Trinajstić information content (AvgIpc) is 2.52. The summed E-state index contributed by atoms with van der Waals surface area (Å²) in [6.07, 6.45) is 1.56. The van der Waals surface area contributed by atoms with Crippen molar-refractivity contribution < 1.29 is 14.7 Å². The van der Waals surface area contributed by atoms with E-state index in [1.807, 2.05) is 13.8 Å². The van der Waals surface area contributed by atoms with E-state index < -0.39 is 11.9 Å². The Balaban J connectivity index is 2.80. The second kappa shape index (κ2) is 3.39. The summed E-state index contributed by atoms with van der Waals surface area (Å²) in [5.74, 6) is -1.60. The predicted octanol–water partition coefficient (Wildman–Crippen LogP) is 2.05. The molecule has 0 aromatic heterocycles. The number of Topliss-reactive ketones (excluding diaryl/α,β-unsaturated/α-hetero) is 1. The number of carboxylic acids is 1. The summed E-state index contributed by atoms with van der Waals surface area (Å²) in [7, 11) is 0. The van der Waals surface area contributed by atoms with Crippen molar-refractivity contribution in [2.24, 2.45) is 17.3 Å². The summed E-state index contributed by atoms with van der Waals surface area (Å²) in [6, 6.07) is 0. The number of halogens is 1. The maximum absolute atomic E-state index is 10.8. The maximum atomic E-state index is 10.8. The van der Waals surface area contributed by atoms with Crippen molar-refractivity contribution in [2.75, 3.05) is 0 Å². The second-order valence-corrected chi connectivity index (χ2v) is 4.64. The first-order valence-electron chi connectivity index (χ1n) is 4.39. The molecule has 14 heavy (non-hydrogen) atoms. The molecular weight excluding hydrogens is 204 g/mol. The number of hydrogen-bond acceptors (Lipinski definition) is 2. The highest BCUT2D eigenvalue weighted by Gasteiger charge is 2.61. The predicted molar refractivity (Wildman–Crippen MR) is 53.0 cm³/mol. The van der Waals surface area contributed by atoms with Gasteiger partial charge in [0.25, 0.3) is 0 Å². The van der Waals surface area contributed by atoms with E-state index in [2.05, 4.69) is 0 Å². The van der Waals surface area contributed by atoms with Crippen LogP contribution in [0, 0.1) is 17.3 Å². The van der Waals surface area contributed by atoms with Crippen LogP contribution in [0.3, 0.4) is 0 Å². The van der Waals surface area contributed by atoms with Gasteiger partial charge in [-0.1, -0.05) is 31.5 Å². The van der Waals surface area contributed by atoms with Crippen LogP contribution >= 0.6 is 11.6 Å². The first kappa shape index (κ1) is 11.2. The Morgan fingerprint density at radius 3 is 2.21 bits per heavy atom. The molecule has 0 bridgehead atoms. The quantitative estimate of drug-likeness (QED) is 0.735. The average molecular weight is 217 g/mol. The summed E-state index contributed by atoms with van der Waals surface area (Å²) < 4.78 is 0. The van der Waals surface area contributed by atoms with E-state index in [-0.39, 0.29) is 22.1 Å². The zero-order chi connectivity index (χ0) is 11.1. The van der Waals surface area contributed by atoms with E-state index in [0.717, 1.165) is 0 Å². The van der Waals surface area contributed by atoms with Crippen LogP contribution in [0.25, 0.3) is 0 Å². The highest BCUT2D eigenvalue weighted by molar-refractivity contribution is 6.42. The molecule has 2 unspecified atom stereocenters. The molecule has 3 nitrogen and oxygen atoms in total. The molecule has 78 valence electrons. The summed E-state index contributed by atoms with van der Waals surface area (Å²) in [4.78, 5) is 21.6. The lowest BCUT2D eigenvalue weighted by Crippen LogP contribution is -2.03. The van der Waals surface area contributed by atoms with Gasteiger partial charge in [-0.3, -0.25) is 9.59 Å². The number of aliphatic carboxylic acids is 1. The molecule has 0 amide bonds. The Morgan fingerprint density at radius 2 is 1.93 bits per heavy atom. The summed E-state index contributed by atoms with van der Waals surface area (Å²) in [5, 5.41) is 8.98. The third-order valence-electron chi connectivity index (χ3n) is 2.84. The molecule has 0 heterocycles. The van der Waals surface area contributed by atoms with E-state index in [4.69, 9.17) is 16.7 Å². The lowest BCUT2D eigenvalue weighted by molar-refractivity contribution is -0.139. The first-order valence-corrected chi connectivity index (χ1v) is 4.77. The number of carboxylic acid groups (broad SMARTS) is 1. The number of carbonyl (C=O) groups excluding carboxylic acids is 1. The monoisotopic (exact) mass is 216 g/mol. The van der Waals surface area contributed by atoms with Gasteiger partial charge < -0.3 is 5.11 Å². The standard InChI is InChI=1S/C10H13ClO3/c1-5(12)7(11)4-6-8(9(13)14)10(6,2)3/h4,6,8H,1-3H3,(H,13,14). The minimum Gasteiger partial charge on any atom is -0.481 e. The lowest BCUT2D eigenvalue weighted by atomic mass is 10.1. The Morgan fingerprint density at radius 1 is 1.43 bits per heavy atom. The topological polar surface area (TPSA) is 54.4 Å². The van der Waals surface area contributed by atoms with Gasteiger partial charge in [0.15, 0.2) is 5.78 Å². The number of rotatable bonds is 3. The number of allylic oxidation sites excluding steroid dienone is 2. The normalized spacial score (nSPS) is 29.9. The van der Waals surface area contributed by atoms with Crippen LogP contribution in [0.1, 0.15) is 20.8 Å². The van der Waals surface area contributed by atoms with Crippen molar-refractivity contribution in [3.05, 3.63) is 11.1 Å². The van der Waals surface area contributed by atoms with Crippen LogP contribution in [0.15, 0.2) is 11.1 Å². The molecule has 0 aliphatic heterocycles. The zero-order valence-electron chi connectivity index (χ0n) is 8.37. The molecule has 0 aromatic rings. The zero-order valence-corrected chi connectivity index (χ0v) is 9.13. The molecule has 1 saturated carbocycles. The van der Waals surface area contributed by atoms with Crippen molar-refractivity contribution in [1.82, 2.24) is 0 Å². The molecule has 4 heteroatoms. The fourth-order valence-electron chi connectivity index (χ4n) is 1.74. The minimum absolute atomic E-state index is 0.128. The van der Waals surface area contributed by atoms with E-state index in [0.29, 0.717) is 0 Å². The van der Waals surface area contributed by atoms with Crippen molar-refractivity contribution in [3.63, 3.8) is 0 Å². The molecule has 1 fully saturated rings. The van der Waals surface area contributed by atoms with Crippen LogP contribution in [0.5, 0.6) is 0 Å². The van der Waals surface area contributed by atoms with Crippen LogP contribution < -0.4 is 0 Å². The van der Waals surface area contributed by atoms with E-state index in [1.54, 1.807) is 6.08 Å². The molecule has 1 rings (SSSR count). The largest absolute Gasteiger partial charge is 0.481 e. The smallest absolute Gasteiger partial charge is 0.307 e. The van der Waals surface area contributed by atoms with Crippen LogP contribution in [0.2, 0.25) is 0 Å². The molecule has 1 N–H and O–H groups in total. The van der Waals surface area contributed by atoms with Gasteiger partial charge in [0.05, 0.1) is 11.0 Å². The maximum Gasteiger partial charge on any atom is 0.307 e. The molecule has 0 radical (unpaired) electrons. The lowest BCUT2D eigenvalue weighted by Gasteiger charge is -1.97. The molecule has 1 aliphatic carbocycles. The third-order valence-corrected chi connectivity index (χ3v) is 3.23. The van der Waals surface area contributed by atoms with Crippen LogP contribution in [-0.2, 0) is 9.59 Å². The van der Waals surface area contributed by atoms with E-state index >= 15 is 0 Å². The van der Waals surface area contributed by atoms with Gasteiger partial charge in [0, 0.05) is 6.92 Å². The Kier molecular flexibility index (Phi) is 2.72. The molecule has 1 aliphatic rings. The van der Waals surface area contributed by atoms with Gasteiger partial charge in [0.1, 0.15) is 0 Å². The van der Waals surface area contributed by atoms with Crippen molar-refractivity contribution >= 4 is 23.4 Å². The molecule has 2 atom stereocenters. The fourth-order valence-corrected chi connectivity index (χ4v) is 1.87. The number of ketones is 1. The Labute approximate surface area is 87.7 Å². The van der Waals surface area contributed by atoms with Crippen LogP contribution in [0.4, 0.5) is 0 Å². The van der Waals surface area contributed by atoms with Crippen molar-refractivity contribution in [2.45, 2.75) is 20.8 Å². The van der Waals surface area contributed by atoms with Gasteiger partial charge >= 0.3 is 5.97 Å². The highest BCUT2D eigenvalue weighted by atomic mass is 35.5. The summed E-state index contributed by atoms with van der Waals surface area (Å²) >= 11 is 5.67. The van der Waals surface area contributed by atoms with Gasteiger partial charge in [-0.25, -0.2) is 0 Å². The van der Waals surface area contributed by atoms with Gasteiger partial charge in [0.2, 0.25) is 0 Å². The molecular formula is C10H13ClO3. The second-order valence-electron chi connectivity index (χ2n) is 4.23. The fraction of sp³-hybridized carbons (Fsp3) is 0.600. The Bertz CT molecular complexity index is 317. The van der Waals surface area contributed by atoms with E-state index in [9.17, 15) is 9.59 Å². The molecule has 0 spiro atoms. The Hall–Kier alpha value is -0.830. The summed E-state index contributed by atoms with van der Waals surface area (Å²) in [5.41, 5.74) is -0.290. The number of carbonyl (C=O) groups is 2. The van der Waals surface area contributed by atoms with Crippen LogP contribution in [-0.4, -0.2) is 16.9 Å². The van der Waals surface area contributed by atoms with Crippen molar-refractivity contribution in [1.29, 1.82) is 0 Å². The third kappa shape index (κ3) is 1.82. The van der Waals surface area contributed by atoms with Crippen molar-refractivity contribution in [3.8, 4) is 0 Å². The molecule has 0 aromatic carbocycles. The van der Waals surface area contributed by atoms with Gasteiger partial charge in [-0.15, -0.1) is 0 Å². The van der Waals surface area contributed by atoms with Gasteiger partial charge in [-0.05, 0) is 11.3 Å². The van der Waals surface area contributed by atoms with Gasteiger partial charge in [-0.2, -0.15) is 0 Å². The minimum atomic E-state index is -0.829. The first-order chi connectivity index (χ1) is 6.28. The van der Waals surface area contributed by atoms with E-state index in [1.165, 1.54) is 6.92 Å². The molecule has 0 saturated heterocycles. The summed E-state index contributed by atoms with van der Waals surface area (Å²) in [6.45, 7) is 5.08. The SMILES string of the molecule is CC(=O)C(Cl)=CC1C(C(=O)O)C1(C)C. The number of hydrogen-bond donors (Lipinski definition) is 1. The highest BCUT2D eigenvalue weighted by Crippen LogP contribution is 2.59.